The highest BCUT2D eigenvalue weighted by molar-refractivity contribution is 5.78. The third-order valence-corrected chi connectivity index (χ3v) is 6.35. The first-order valence-electron chi connectivity index (χ1n) is 14.2. The predicted molar refractivity (Wildman–Crippen MR) is 142 cm³/mol. The Morgan fingerprint density at radius 2 is 1.12 bits per heavy atom. The van der Waals surface area contributed by atoms with Crippen molar-refractivity contribution in [3.05, 3.63) is 0 Å². The minimum absolute atomic E-state index is 0.193. The van der Waals surface area contributed by atoms with Crippen LogP contribution in [0.2, 0.25) is 0 Å². The number of hydrogen-bond acceptors (Lipinski definition) is 2. The fraction of sp³-hybridized carbons (Fsp3) is 0.897. The third kappa shape index (κ3) is 19.7. The fourth-order valence-corrected chi connectivity index (χ4v) is 4.20. The molecule has 2 N–H and O–H groups in total. The Hall–Kier alpha value is -1.01. The van der Waals surface area contributed by atoms with Gasteiger partial charge in [0.15, 0.2) is 0 Å². The Kier molecular flexibility index (Phi) is 23.9. The number of nitrogens with one attached hydrogen (secondary N) is 2. The maximum Gasteiger partial charge on any atom is 0.223 e. The summed E-state index contributed by atoms with van der Waals surface area (Å²) in [5.41, 5.74) is 0. The molecular weight excluding hydrogens is 392 g/mol. The maximum atomic E-state index is 12.4. The molecule has 188 valence electrons. The van der Waals surface area contributed by atoms with Crippen molar-refractivity contribution >= 4 is 5.91 Å². The van der Waals surface area contributed by atoms with Gasteiger partial charge in [-0.3, -0.25) is 4.79 Å². The van der Waals surface area contributed by atoms with Crippen LogP contribution in [0.4, 0.5) is 0 Å². The van der Waals surface area contributed by atoms with Crippen molar-refractivity contribution in [1.82, 2.24) is 10.6 Å². The summed E-state index contributed by atoms with van der Waals surface area (Å²) >= 11 is 0. The summed E-state index contributed by atoms with van der Waals surface area (Å²) in [7, 11) is 0. The molecule has 0 rings (SSSR count). The van der Waals surface area contributed by atoms with Crippen molar-refractivity contribution < 1.29 is 4.79 Å². The van der Waals surface area contributed by atoms with Gasteiger partial charge in [0.2, 0.25) is 5.91 Å². The van der Waals surface area contributed by atoms with E-state index in [0.29, 0.717) is 12.6 Å². The largest absolute Gasteiger partial charge is 0.355 e. The molecule has 0 spiro atoms. The Bertz CT molecular complexity index is 458. The van der Waals surface area contributed by atoms with E-state index in [0.717, 1.165) is 57.9 Å². The number of carbonyl (C=O) groups is 1. The van der Waals surface area contributed by atoms with Crippen LogP contribution in [0, 0.1) is 17.8 Å². The molecule has 0 heterocycles. The minimum Gasteiger partial charge on any atom is -0.355 e. The summed E-state index contributed by atoms with van der Waals surface area (Å²) in [5, 5.41) is 6.88. The van der Waals surface area contributed by atoms with Gasteiger partial charge >= 0.3 is 0 Å². The van der Waals surface area contributed by atoms with E-state index in [1.165, 1.54) is 64.2 Å². The highest BCUT2D eigenvalue weighted by Gasteiger charge is 2.16. The lowest BCUT2D eigenvalue weighted by atomic mass is 9.95. The summed E-state index contributed by atoms with van der Waals surface area (Å²) in [6.07, 6.45) is 21.7. The van der Waals surface area contributed by atoms with Crippen molar-refractivity contribution in [2.45, 2.75) is 149 Å². The van der Waals surface area contributed by atoms with Gasteiger partial charge in [0.1, 0.15) is 0 Å². The molecular formula is C29H56N2O. The number of hydrogen-bond donors (Lipinski definition) is 2. The molecule has 0 aromatic carbocycles. The molecule has 0 fully saturated rings. The Balaban J connectivity index is 4.06. The van der Waals surface area contributed by atoms with Gasteiger partial charge in [-0.05, 0) is 25.7 Å². The van der Waals surface area contributed by atoms with Crippen LogP contribution in [0.5, 0.6) is 0 Å². The van der Waals surface area contributed by atoms with Crippen LogP contribution in [-0.2, 0) is 4.79 Å². The molecule has 32 heavy (non-hydrogen) atoms. The Morgan fingerprint density at radius 3 is 1.72 bits per heavy atom. The van der Waals surface area contributed by atoms with Crippen molar-refractivity contribution in [3.8, 4) is 11.8 Å². The fourth-order valence-electron chi connectivity index (χ4n) is 4.20. The van der Waals surface area contributed by atoms with Gasteiger partial charge in [0.25, 0.3) is 0 Å². The molecule has 0 aliphatic rings. The first-order chi connectivity index (χ1) is 15.7. The molecule has 1 atom stereocenters. The number of carbonyl (C=O) groups excluding carboxylic acids is 1. The van der Waals surface area contributed by atoms with Crippen molar-refractivity contribution in [1.29, 1.82) is 0 Å². The molecule has 3 heteroatoms. The van der Waals surface area contributed by atoms with Crippen LogP contribution in [0.15, 0.2) is 0 Å². The molecule has 0 aliphatic carbocycles. The summed E-state index contributed by atoms with van der Waals surface area (Å²) in [6, 6.07) is 0.660. The van der Waals surface area contributed by atoms with Crippen LogP contribution >= 0.6 is 0 Å². The SMILES string of the molecule is CCCCCCCC(CCCCC)NCCC#CCCNC(=O)C(CCCC)CCCC. The normalized spacial score (nSPS) is 11.9. The second-order valence-corrected chi connectivity index (χ2v) is 9.48. The Morgan fingerprint density at radius 1 is 0.625 bits per heavy atom. The van der Waals surface area contributed by atoms with Crippen molar-refractivity contribution in [3.63, 3.8) is 0 Å². The molecule has 0 radical (unpaired) electrons. The molecule has 1 unspecified atom stereocenters. The van der Waals surface area contributed by atoms with Crippen molar-refractivity contribution in [2.75, 3.05) is 13.1 Å². The quantitative estimate of drug-likeness (QED) is 0.131. The summed E-state index contributed by atoms with van der Waals surface area (Å²) in [5.74, 6) is 6.99. The van der Waals surface area contributed by atoms with E-state index in [1.807, 2.05) is 0 Å². The lowest BCUT2D eigenvalue weighted by molar-refractivity contribution is -0.125. The molecule has 0 aliphatic heterocycles. The van der Waals surface area contributed by atoms with Gasteiger partial charge in [-0.25, -0.2) is 0 Å². The molecule has 1 amide bonds. The average molecular weight is 449 g/mol. The molecule has 0 aromatic rings. The van der Waals surface area contributed by atoms with Crippen LogP contribution in [0.3, 0.4) is 0 Å². The van der Waals surface area contributed by atoms with E-state index in [1.54, 1.807) is 0 Å². The standard InChI is InChI=1S/C29H56N2O/c1-5-9-13-14-18-24-28(23-17-10-6-2)30-25-19-15-16-20-26-31-29(32)27(21-11-7-3)22-12-8-4/h27-28,30H,5-14,17-26H2,1-4H3,(H,31,32). The van der Waals surface area contributed by atoms with Crippen LogP contribution in [-0.4, -0.2) is 25.0 Å². The average Bonchev–Trinajstić information content (AvgIpc) is 2.80. The number of amides is 1. The van der Waals surface area contributed by atoms with Gasteiger partial charge < -0.3 is 10.6 Å². The van der Waals surface area contributed by atoms with Gasteiger partial charge in [0.05, 0.1) is 0 Å². The third-order valence-electron chi connectivity index (χ3n) is 6.35. The van der Waals surface area contributed by atoms with Crippen molar-refractivity contribution in [2.24, 2.45) is 5.92 Å². The van der Waals surface area contributed by atoms with Gasteiger partial charge in [-0.15, -0.1) is 11.8 Å². The summed E-state index contributed by atoms with van der Waals surface area (Å²) in [6.45, 7) is 10.6. The predicted octanol–water partition coefficient (Wildman–Crippen LogP) is 7.78. The van der Waals surface area contributed by atoms with E-state index in [4.69, 9.17) is 0 Å². The van der Waals surface area contributed by atoms with Crippen LogP contribution in [0.1, 0.15) is 143 Å². The second-order valence-electron chi connectivity index (χ2n) is 9.48. The van der Waals surface area contributed by atoms with E-state index in [-0.39, 0.29) is 11.8 Å². The highest BCUT2D eigenvalue weighted by Crippen LogP contribution is 2.16. The van der Waals surface area contributed by atoms with Gasteiger partial charge in [-0.1, -0.05) is 105 Å². The van der Waals surface area contributed by atoms with Crippen LogP contribution in [0.25, 0.3) is 0 Å². The summed E-state index contributed by atoms with van der Waals surface area (Å²) < 4.78 is 0. The monoisotopic (exact) mass is 448 g/mol. The van der Waals surface area contributed by atoms with Crippen LogP contribution < -0.4 is 10.6 Å². The molecule has 0 saturated carbocycles. The number of unbranched alkanes of at least 4 members (excludes halogenated alkanes) is 8. The van der Waals surface area contributed by atoms with Gasteiger partial charge in [-0.2, -0.15) is 0 Å². The highest BCUT2D eigenvalue weighted by atomic mass is 16.1. The lowest BCUT2D eigenvalue weighted by Crippen LogP contribution is -2.31. The zero-order valence-electron chi connectivity index (χ0n) is 22.2. The zero-order chi connectivity index (χ0) is 23.7. The molecule has 0 saturated heterocycles. The minimum atomic E-state index is 0.193. The maximum absolute atomic E-state index is 12.4. The van der Waals surface area contributed by atoms with E-state index in [9.17, 15) is 4.79 Å². The smallest absolute Gasteiger partial charge is 0.223 e. The number of rotatable bonds is 22. The topological polar surface area (TPSA) is 41.1 Å². The first-order valence-corrected chi connectivity index (χ1v) is 14.2. The molecule has 0 aromatic heterocycles. The van der Waals surface area contributed by atoms with E-state index >= 15 is 0 Å². The second kappa shape index (κ2) is 24.6. The lowest BCUT2D eigenvalue weighted by Gasteiger charge is -2.18. The zero-order valence-corrected chi connectivity index (χ0v) is 22.2. The Labute approximate surface area is 201 Å². The summed E-state index contributed by atoms with van der Waals surface area (Å²) in [4.78, 5) is 12.4. The van der Waals surface area contributed by atoms with E-state index < -0.39 is 0 Å². The van der Waals surface area contributed by atoms with E-state index in [2.05, 4.69) is 50.2 Å². The van der Waals surface area contributed by atoms with Gasteiger partial charge in [0, 0.05) is 37.9 Å². The molecule has 3 nitrogen and oxygen atoms in total. The molecule has 0 bridgehead atoms. The first kappa shape index (κ1) is 31.0.